The fourth-order valence-corrected chi connectivity index (χ4v) is 3.67. The Morgan fingerprint density at radius 1 is 1.03 bits per heavy atom. The number of carbonyl (C=O) groups is 1. The van der Waals surface area contributed by atoms with Gasteiger partial charge in [0.2, 0.25) is 5.95 Å². The van der Waals surface area contributed by atoms with E-state index in [-0.39, 0.29) is 12.1 Å². The Labute approximate surface area is 165 Å². The van der Waals surface area contributed by atoms with E-state index in [1.807, 2.05) is 11.8 Å². The predicted molar refractivity (Wildman–Crippen MR) is 99.8 cm³/mol. The zero-order chi connectivity index (χ0) is 20.5. The molecule has 0 spiro atoms. The molecule has 7 nitrogen and oxygen atoms in total. The lowest BCUT2D eigenvalue weighted by atomic mass is 10.0. The summed E-state index contributed by atoms with van der Waals surface area (Å²) < 4.78 is 40.3. The van der Waals surface area contributed by atoms with Gasteiger partial charge in [-0.2, -0.15) is 5.10 Å². The molecule has 1 aromatic heterocycles. The summed E-state index contributed by atoms with van der Waals surface area (Å²) >= 11 is 0. The summed E-state index contributed by atoms with van der Waals surface area (Å²) in [5.74, 6) is -1.50. The van der Waals surface area contributed by atoms with Crippen LogP contribution in [0.25, 0.3) is 0 Å². The van der Waals surface area contributed by atoms with Crippen molar-refractivity contribution in [2.24, 2.45) is 5.10 Å². The van der Waals surface area contributed by atoms with Gasteiger partial charge in [0.05, 0.1) is 18.4 Å². The van der Waals surface area contributed by atoms with Gasteiger partial charge in [-0.1, -0.05) is 0 Å². The lowest BCUT2D eigenvalue weighted by Crippen LogP contribution is -2.57. The Balaban J connectivity index is 1.47. The summed E-state index contributed by atoms with van der Waals surface area (Å²) in [6, 6.07) is 2.15. The molecule has 1 aromatic carbocycles. The highest BCUT2D eigenvalue weighted by Gasteiger charge is 2.36. The monoisotopic (exact) mass is 404 g/mol. The second-order valence-corrected chi connectivity index (χ2v) is 7.07. The van der Waals surface area contributed by atoms with E-state index in [0.717, 1.165) is 18.5 Å². The summed E-state index contributed by atoms with van der Waals surface area (Å²) in [5.41, 5.74) is 0.361. The van der Waals surface area contributed by atoms with Crippen molar-refractivity contribution in [2.75, 3.05) is 24.5 Å². The quantitative estimate of drug-likeness (QED) is 0.772. The van der Waals surface area contributed by atoms with Crippen LogP contribution in [0.15, 0.2) is 35.7 Å². The van der Waals surface area contributed by atoms with E-state index in [1.165, 1.54) is 17.1 Å². The normalized spacial score (nSPS) is 21.7. The van der Waals surface area contributed by atoms with Crippen molar-refractivity contribution in [1.82, 2.24) is 19.9 Å². The van der Waals surface area contributed by atoms with Crippen molar-refractivity contribution < 1.29 is 18.0 Å². The number of benzene rings is 1. The highest BCUT2D eigenvalue weighted by molar-refractivity contribution is 5.79. The smallest absolute Gasteiger partial charge is 0.337 e. The van der Waals surface area contributed by atoms with Gasteiger partial charge in [-0.15, -0.1) is 0 Å². The summed E-state index contributed by atoms with van der Waals surface area (Å²) in [7, 11) is 0. The molecule has 2 aliphatic rings. The van der Waals surface area contributed by atoms with Crippen LogP contribution in [0.4, 0.5) is 23.9 Å². The van der Waals surface area contributed by atoms with Gasteiger partial charge in [0.15, 0.2) is 5.82 Å². The number of halogens is 3. The third kappa shape index (κ3) is 3.87. The average Bonchev–Trinajstić information content (AvgIpc) is 3.17. The lowest BCUT2D eigenvalue weighted by Gasteiger charge is -2.41. The molecule has 29 heavy (non-hydrogen) atoms. The minimum Gasteiger partial charge on any atom is -0.337 e. The number of hydrogen-bond donors (Lipinski definition) is 0. The average molecular weight is 404 g/mol. The minimum atomic E-state index is -0.694. The van der Waals surface area contributed by atoms with Gasteiger partial charge < -0.3 is 9.80 Å². The van der Waals surface area contributed by atoms with Gasteiger partial charge >= 0.3 is 6.03 Å². The number of urea groups is 1. The number of aromatic nitrogens is 2. The van der Waals surface area contributed by atoms with E-state index < -0.39 is 23.5 Å². The molecule has 1 unspecified atom stereocenters. The highest BCUT2D eigenvalue weighted by Crippen LogP contribution is 2.31. The molecule has 2 atom stereocenters. The number of hydrazone groups is 1. The van der Waals surface area contributed by atoms with Crippen LogP contribution in [-0.4, -0.2) is 57.8 Å². The largest absolute Gasteiger partial charge is 0.341 e. The maximum Gasteiger partial charge on any atom is 0.341 e. The van der Waals surface area contributed by atoms with Crippen LogP contribution in [0.3, 0.4) is 0 Å². The first-order chi connectivity index (χ1) is 13.9. The van der Waals surface area contributed by atoms with Gasteiger partial charge in [0.25, 0.3) is 0 Å². The first-order valence-corrected chi connectivity index (χ1v) is 9.23. The lowest BCUT2D eigenvalue weighted by molar-refractivity contribution is 0.121. The number of carbonyl (C=O) groups excluding carboxylic acids is 1. The molecule has 2 aliphatic heterocycles. The highest BCUT2D eigenvalue weighted by atomic mass is 19.1. The number of anilines is 1. The van der Waals surface area contributed by atoms with Crippen molar-refractivity contribution in [3.05, 3.63) is 53.6 Å². The number of nitrogens with zero attached hydrogens (tertiary/aromatic N) is 6. The maximum absolute atomic E-state index is 13.6. The van der Waals surface area contributed by atoms with Crippen LogP contribution in [0.1, 0.15) is 24.9 Å². The summed E-state index contributed by atoms with van der Waals surface area (Å²) in [4.78, 5) is 24.6. The predicted octanol–water partition coefficient (Wildman–Crippen LogP) is 2.96. The summed E-state index contributed by atoms with van der Waals surface area (Å²) in [6.45, 7) is 3.20. The number of hydrogen-bond acceptors (Lipinski definition) is 5. The Kier molecular flexibility index (Phi) is 5.08. The van der Waals surface area contributed by atoms with E-state index >= 15 is 0 Å². The van der Waals surface area contributed by atoms with Crippen LogP contribution in [0.2, 0.25) is 0 Å². The molecule has 1 fully saturated rings. The van der Waals surface area contributed by atoms with Gasteiger partial charge in [0.1, 0.15) is 11.6 Å². The fraction of sp³-hybridized carbons (Fsp3) is 0.368. The van der Waals surface area contributed by atoms with E-state index in [4.69, 9.17) is 0 Å². The second kappa shape index (κ2) is 7.69. The summed E-state index contributed by atoms with van der Waals surface area (Å²) in [5, 5.41) is 5.41. The Hall–Kier alpha value is -3.17. The Morgan fingerprint density at radius 3 is 2.38 bits per heavy atom. The van der Waals surface area contributed by atoms with Gasteiger partial charge in [-0.25, -0.2) is 32.9 Å². The molecule has 10 heteroatoms. The van der Waals surface area contributed by atoms with Crippen molar-refractivity contribution in [2.45, 2.75) is 25.4 Å². The Morgan fingerprint density at radius 2 is 1.72 bits per heavy atom. The molecular formula is C19H19F3N6O. The van der Waals surface area contributed by atoms with Crippen molar-refractivity contribution >= 4 is 18.2 Å². The SMILES string of the molecule is C[C@H]1CN(c2ncc(F)cn2)CCN1C(=O)N1N=CCC1c1cc(F)cc(F)c1. The second-order valence-electron chi connectivity index (χ2n) is 7.07. The van der Waals surface area contributed by atoms with Crippen LogP contribution in [0, 0.1) is 17.5 Å². The number of amides is 2. The molecule has 0 saturated carbocycles. The zero-order valence-corrected chi connectivity index (χ0v) is 15.7. The number of piperazine rings is 1. The molecule has 2 aromatic rings. The van der Waals surface area contributed by atoms with Crippen LogP contribution in [0.5, 0.6) is 0 Å². The molecule has 1 saturated heterocycles. The van der Waals surface area contributed by atoms with Crippen molar-refractivity contribution in [3.8, 4) is 0 Å². The van der Waals surface area contributed by atoms with Crippen LogP contribution >= 0.6 is 0 Å². The number of rotatable bonds is 2. The molecular weight excluding hydrogens is 385 g/mol. The van der Waals surface area contributed by atoms with E-state index in [0.29, 0.717) is 37.6 Å². The van der Waals surface area contributed by atoms with Crippen molar-refractivity contribution in [1.29, 1.82) is 0 Å². The van der Waals surface area contributed by atoms with E-state index in [1.54, 1.807) is 11.1 Å². The topological polar surface area (TPSA) is 64.9 Å². The first kappa shape index (κ1) is 19.2. The molecule has 152 valence electrons. The minimum absolute atomic E-state index is 0.189. The van der Waals surface area contributed by atoms with Crippen LogP contribution in [-0.2, 0) is 0 Å². The fourth-order valence-electron chi connectivity index (χ4n) is 3.67. The van der Waals surface area contributed by atoms with Gasteiger partial charge in [0, 0.05) is 44.4 Å². The third-order valence-corrected chi connectivity index (χ3v) is 5.06. The molecule has 4 rings (SSSR count). The van der Waals surface area contributed by atoms with Crippen molar-refractivity contribution in [3.63, 3.8) is 0 Å². The molecule has 2 amide bonds. The summed E-state index contributed by atoms with van der Waals surface area (Å²) in [6.07, 6.45) is 4.16. The molecule has 3 heterocycles. The molecule has 0 N–H and O–H groups in total. The third-order valence-electron chi connectivity index (χ3n) is 5.06. The Bertz CT molecular complexity index is 918. The molecule has 0 bridgehead atoms. The standard InChI is InChI=1S/C19H19F3N6O/c1-12-11-26(18-23-9-16(22)10-24-18)4-5-27(12)19(29)28-17(2-3-25-28)13-6-14(20)8-15(21)7-13/h3,6-10,12,17H,2,4-5,11H2,1H3/t12-,17?/m0/s1. The first-order valence-electron chi connectivity index (χ1n) is 9.23. The van der Waals surface area contributed by atoms with Crippen LogP contribution < -0.4 is 4.90 Å². The van der Waals surface area contributed by atoms with Gasteiger partial charge in [-0.3, -0.25) is 0 Å². The van der Waals surface area contributed by atoms with Gasteiger partial charge in [-0.05, 0) is 24.6 Å². The zero-order valence-electron chi connectivity index (χ0n) is 15.7. The van der Waals surface area contributed by atoms with E-state index in [9.17, 15) is 18.0 Å². The van der Waals surface area contributed by atoms with E-state index in [2.05, 4.69) is 15.1 Å². The molecule has 0 aliphatic carbocycles. The molecule has 0 radical (unpaired) electrons. The maximum atomic E-state index is 13.6.